The second-order valence-corrected chi connectivity index (χ2v) is 4.58. The van der Waals surface area contributed by atoms with Crippen LogP contribution in [-0.4, -0.2) is 25.2 Å². The van der Waals surface area contributed by atoms with Crippen molar-refractivity contribution in [1.29, 1.82) is 0 Å². The van der Waals surface area contributed by atoms with Crippen molar-refractivity contribution in [3.63, 3.8) is 0 Å². The van der Waals surface area contributed by atoms with Crippen LogP contribution in [0, 0.1) is 0 Å². The molecule has 0 aliphatic rings. The average Bonchev–Trinajstić information content (AvgIpc) is 2.36. The van der Waals surface area contributed by atoms with Crippen LogP contribution in [0.4, 0.5) is 0 Å². The minimum absolute atomic E-state index is 0.163. The van der Waals surface area contributed by atoms with Gasteiger partial charge in [0, 0.05) is 12.5 Å². The van der Waals surface area contributed by atoms with Gasteiger partial charge in [0.2, 0.25) is 0 Å². The van der Waals surface area contributed by atoms with Gasteiger partial charge in [-0.2, -0.15) is 0 Å². The van der Waals surface area contributed by atoms with E-state index in [-0.39, 0.29) is 12.0 Å². The van der Waals surface area contributed by atoms with E-state index in [1.165, 1.54) is 5.56 Å². The number of rotatable bonds is 8. The monoisotopic (exact) mass is 265 g/mol. The lowest BCUT2D eigenvalue weighted by molar-refractivity contribution is -0.143. The van der Waals surface area contributed by atoms with Crippen molar-refractivity contribution < 1.29 is 14.3 Å². The average molecular weight is 265 g/mol. The van der Waals surface area contributed by atoms with Crippen LogP contribution in [0.5, 0.6) is 5.75 Å². The first-order valence-electron chi connectivity index (χ1n) is 6.74. The summed E-state index contributed by atoms with van der Waals surface area (Å²) < 4.78 is 10.4. The predicted molar refractivity (Wildman–Crippen MR) is 75.2 cm³/mol. The van der Waals surface area contributed by atoms with Crippen molar-refractivity contribution >= 4 is 5.97 Å². The summed E-state index contributed by atoms with van der Waals surface area (Å²) in [4.78, 5) is 11.1. The number of benzene rings is 1. The van der Waals surface area contributed by atoms with E-state index in [1.807, 2.05) is 31.2 Å². The second-order valence-electron chi connectivity index (χ2n) is 4.58. The summed E-state index contributed by atoms with van der Waals surface area (Å²) in [7, 11) is 0. The Bertz CT molecular complexity index is 373. The third-order valence-electron chi connectivity index (χ3n) is 2.58. The summed E-state index contributed by atoms with van der Waals surface area (Å²) >= 11 is 0. The van der Waals surface area contributed by atoms with Gasteiger partial charge in [0.05, 0.1) is 13.2 Å². The summed E-state index contributed by atoms with van der Waals surface area (Å²) in [5.41, 5.74) is 6.94. The highest BCUT2D eigenvalue weighted by atomic mass is 16.5. The zero-order valence-electron chi connectivity index (χ0n) is 11.7. The lowest BCUT2D eigenvalue weighted by atomic mass is 10.1. The Labute approximate surface area is 114 Å². The van der Waals surface area contributed by atoms with Gasteiger partial charge in [0.15, 0.2) is 0 Å². The summed E-state index contributed by atoms with van der Waals surface area (Å²) in [6.07, 6.45) is 1.93. The first-order valence-corrected chi connectivity index (χ1v) is 6.74. The molecule has 1 rings (SSSR count). The minimum Gasteiger partial charge on any atom is -0.494 e. The molecule has 0 spiro atoms. The molecule has 1 aromatic carbocycles. The Kier molecular flexibility index (Phi) is 6.97. The molecule has 0 unspecified atom stereocenters. The van der Waals surface area contributed by atoms with Gasteiger partial charge < -0.3 is 15.2 Å². The van der Waals surface area contributed by atoms with E-state index in [4.69, 9.17) is 15.2 Å². The topological polar surface area (TPSA) is 61.5 Å². The highest BCUT2D eigenvalue weighted by molar-refractivity contribution is 5.69. The van der Waals surface area contributed by atoms with Gasteiger partial charge in [0.25, 0.3) is 0 Å². The van der Waals surface area contributed by atoms with Crippen molar-refractivity contribution in [2.24, 2.45) is 5.73 Å². The van der Waals surface area contributed by atoms with Crippen LogP contribution in [0.25, 0.3) is 0 Å². The Morgan fingerprint density at radius 3 is 2.58 bits per heavy atom. The number of carbonyl (C=O) groups excluding carboxylic acids is 1. The smallest absolute Gasteiger partial charge is 0.305 e. The number of nitrogens with two attached hydrogens (primary N) is 1. The molecule has 0 radical (unpaired) electrons. The molecule has 1 atom stereocenters. The van der Waals surface area contributed by atoms with Gasteiger partial charge in [-0.25, -0.2) is 0 Å². The normalized spacial score (nSPS) is 11.9. The van der Waals surface area contributed by atoms with E-state index in [0.29, 0.717) is 26.1 Å². The number of hydrogen-bond acceptors (Lipinski definition) is 4. The highest BCUT2D eigenvalue weighted by Crippen LogP contribution is 2.13. The van der Waals surface area contributed by atoms with E-state index < -0.39 is 0 Å². The molecule has 4 nitrogen and oxygen atoms in total. The maximum atomic E-state index is 11.1. The molecule has 0 saturated heterocycles. The molecule has 106 valence electrons. The third kappa shape index (κ3) is 6.82. The zero-order valence-corrected chi connectivity index (χ0v) is 11.7. The molecule has 0 aliphatic carbocycles. The Morgan fingerprint density at radius 1 is 1.32 bits per heavy atom. The molecular weight excluding hydrogens is 242 g/mol. The van der Waals surface area contributed by atoms with Crippen LogP contribution in [0.3, 0.4) is 0 Å². The Hall–Kier alpha value is -1.55. The molecule has 0 amide bonds. The van der Waals surface area contributed by atoms with Gasteiger partial charge in [-0.3, -0.25) is 4.79 Å². The molecule has 1 aromatic rings. The second kappa shape index (κ2) is 8.53. The molecule has 0 aliphatic heterocycles. The van der Waals surface area contributed by atoms with E-state index in [0.717, 1.165) is 12.2 Å². The molecule has 4 heteroatoms. The van der Waals surface area contributed by atoms with Gasteiger partial charge in [0.1, 0.15) is 5.75 Å². The van der Waals surface area contributed by atoms with E-state index >= 15 is 0 Å². The Morgan fingerprint density at radius 2 is 2.00 bits per heavy atom. The third-order valence-corrected chi connectivity index (χ3v) is 2.58. The van der Waals surface area contributed by atoms with Crippen LogP contribution in [-0.2, 0) is 16.0 Å². The van der Waals surface area contributed by atoms with E-state index in [9.17, 15) is 4.79 Å². The van der Waals surface area contributed by atoms with Crippen LogP contribution in [0.15, 0.2) is 24.3 Å². The van der Waals surface area contributed by atoms with Crippen molar-refractivity contribution in [3.8, 4) is 5.75 Å². The van der Waals surface area contributed by atoms with Crippen LogP contribution in [0.1, 0.15) is 32.3 Å². The lowest BCUT2D eigenvalue weighted by Crippen LogP contribution is -2.17. The Balaban J connectivity index is 2.24. The van der Waals surface area contributed by atoms with E-state index in [1.54, 1.807) is 6.92 Å². The molecule has 0 fully saturated rings. The van der Waals surface area contributed by atoms with Gasteiger partial charge >= 0.3 is 5.97 Å². The van der Waals surface area contributed by atoms with Crippen LogP contribution < -0.4 is 10.5 Å². The predicted octanol–water partition coefficient (Wildman–Crippen LogP) is 2.30. The minimum atomic E-state index is -0.168. The fraction of sp³-hybridized carbons (Fsp3) is 0.533. The van der Waals surface area contributed by atoms with Crippen LogP contribution >= 0.6 is 0 Å². The fourth-order valence-corrected chi connectivity index (χ4v) is 1.73. The summed E-state index contributed by atoms with van der Waals surface area (Å²) in [5, 5.41) is 0. The summed E-state index contributed by atoms with van der Waals surface area (Å²) in [6, 6.07) is 8.06. The molecule has 0 aromatic heterocycles. The number of ether oxygens (including phenoxy) is 2. The van der Waals surface area contributed by atoms with Crippen molar-refractivity contribution in [1.82, 2.24) is 0 Å². The first-order chi connectivity index (χ1) is 9.11. The zero-order chi connectivity index (χ0) is 14.1. The van der Waals surface area contributed by atoms with Crippen molar-refractivity contribution in [2.45, 2.75) is 39.2 Å². The number of hydrogen-bond donors (Lipinski definition) is 1. The van der Waals surface area contributed by atoms with Gasteiger partial charge in [-0.15, -0.1) is 0 Å². The van der Waals surface area contributed by atoms with Crippen molar-refractivity contribution in [3.05, 3.63) is 29.8 Å². The van der Waals surface area contributed by atoms with E-state index in [2.05, 4.69) is 0 Å². The maximum Gasteiger partial charge on any atom is 0.305 e. The summed E-state index contributed by atoms with van der Waals surface area (Å²) in [5.74, 6) is 0.649. The standard InChI is InChI=1S/C15H23NO3/c1-3-18-15(17)5-4-10-19-14-8-6-13(7-9-14)11-12(2)16/h6-9,12H,3-5,10-11,16H2,1-2H3/t12-/m1/s1. The van der Waals surface area contributed by atoms with Gasteiger partial charge in [-0.1, -0.05) is 12.1 Å². The quantitative estimate of drug-likeness (QED) is 0.578. The molecule has 0 saturated carbocycles. The number of esters is 1. The molecule has 0 heterocycles. The van der Waals surface area contributed by atoms with Gasteiger partial charge in [-0.05, 0) is 44.4 Å². The van der Waals surface area contributed by atoms with Crippen molar-refractivity contribution in [2.75, 3.05) is 13.2 Å². The molecule has 19 heavy (non-hydrogen) atoms. The maximum absolute atomic E-state index is 11.1. The summed E-state index contributed by atoms with van der Waals surface area (Å²) in [6.45, 7) is 4.74. The lowest BCUT2D eigenvalue weighted by Gasteiger charge is -2.08. The largest absolute Gasteiger partial charge is 0.494 e. The molecule has 2 N–H and O–H groups in total. The molecule has 0 bridgehead atoms. The highest BCUT2D eigenvalue weighted by Gasteiger charge is 2.02. The SMILES string of the molecule is CCOC(=O)CCCOc1ccc(C[C@@H](C)N)cc1. The fourth-order valence-electron chi connectivity index (χ4n) is 1.73. The number of carbonyl (C=O) groups is 1. The molecular formula is C15H23NO3. The van der Waals surface area contributed by atoms with Crippen LogP contribution in [0.2, 0.25) is 0 Å². The first kappa shape index (κ1) is 15.5.